The minimum absolute atomic E-state index is 0.650. The van der Waals surface area contributed by atoms with Crippen molar-refractivity contribution < 1.29 is 0 Å². The summed E-state index contributed by atoms with van der Waals surface area (Å²) in [5, 5.41) is 3.21. The third kappa shape index (κ3) is 2.43. The van der Waals surface area contributed by atoms with Crippen molar-refractivity contribution in [3.63, 3.8) is 0 Å². The van der Waals surface area contributed by atoms with Crippen LogP contribution in [0.25, 0.3) is 0 Å². The summed E-state index contributed by atoms with van der Waals surface area (Å²) < 4.78 is 0. The van der Waals surface area contributed by atoms with E-state index in [1.807, 2.05) is 30.3 Å². The largest absolute Gasteiger partial charge is 0.397 e. The van der Waals surface area contributed by atoms with Gasteiger partial charge in [-0.2, -0.15) is 0 Å². The van der Waals surface area contributed by atoms with Crippen molar-refractivity contribution in [2.75, 3.05) is 11.1 Å². The van der Waals surface area contributed by atoms with Gasteiger partial charge >= 0.3 is 0 Å². The zero-order valence-corrected chi connectivity index (χ0v) is 8.22. The Labute approximate surface area is 88.2 Å². The number of hydrogen-bond donors (Lipinski definition) is 2. The van der Waals surface area contributed by atoms with Gasteiger partial charge in [0, 0.05) is 6.20 Å². The van der Waals surface area contributed by atoms with E-state index in [1.54, 1.807) is 6.20 Å². The number of nitrogen functional groups attached to an aromatic ring is 1. The summed E-state index contributed by atoms with van der Waals surface area (Å²) in [5.74, 6) is 0. The van der Waals surface area contributed by atoms with Crippen LogP contribution in [0.3, 0.4) is 0 Å². The van der Waals surface area contributed by atoms with Crippen LogP contribution in [0.2, 0.25) is 0 Å². The Balaban J connectivity index is 2.03. The zero-order chi connectivity index (χ0) is 10.5. The molecule has 76 valence electrons. The first kappa shape index (κ1) is 9.45. The minimum Gasteiger partial charge on any atom is -0.397 e. The average molecular weight is 200 g/mol. The van der Waals surface area contributed by atoms with Crippen molar-refractivity contribution in [1.82, 2.24) is 9.97 Å². The molecule has 0 radical (unpaired) electrons. The molecule has 2 rings (SSSR count). The van der Waals surface area contributed by atoms with Crippen molar-refractivity contribution >= 4 is 11.4 Å². The molecule has 3 N–H and O–H groups in total. The predicted octanol–water partition coefficient (Wildman–Crippen LogP) is 1.67. The minimum atomic E-state index is 0.650. The second-order valence-electron chi connectivity index (χ2n) is 3.14. The lowest BCUT2D eigenvalue weighted by atomic mass is 10.2. The van der Waals surface area contributed by atoms with Gasteiger partial charge in [-0.15, -0.1) is 0 Å². The first-order valence-electron chi connectivity index (χ1n) is 4.69. The number of benzene rings is 1. The number of aromatic nitrogens is 2. The summed E-state index contributed by atoms with van der Waals surface area (Å²) in [6, 6.07) is 9.52. The fourth-order valence-corrected chi connectivity index (χ4v) is 1.27. The maximum Gasteiger partial charge on any atom is 0.115 e. The van der Waals surface area contributed by atoms with Crippen LogP contribution in [-0.4, -0.2) is 9.97 Å². The Morgan fingerprint density at radius 3 is 2.80 bits per heavy atom. The van der Waals surface area contributed by atoms with Crippen LogP contribution in [0.15, 0.2) is 42.9 Å². The molecule has 0 amide bonds. The standard InChI is InChI=1S/C11H12N4/c12-10-3-1-2-4-11(10)14-7-9-5-6-13-8-15-9/h1-6,8,14H,7,12H2. The van der Waals surface area contributed by atoms with Crippen LogP contribution in [0.4, 0.5) is 11.4 Å². The smallest absolute Gasteiger partial charge is 0.115 e. The summed E-state index contributed by atoms with van der Waals surface area (Å²) in [5.41, 5.74) is 8.40. The summed E-state index contributed by atoms with van der Waals surface area (Å²) in [7, 11) is 0. The molecule has 0 aliphatic carbocycles. The first-order chi connectivity index (χ1) is 7.36. The lowest BCUT2D eigenvalue weighted by Gasteiger charge is -2.07. The third-order valence-electron chi connectivity index (χ3n) is 2.06. The number of hydrogen-bond acceptors (Lipinski definition) is 4. The number of anilines is 2. The molecule has 0 fully saturated rings. The van der Waals surface area contributed by atoms with E-state index in [2.05, 4.69) is 15.3 Å². The summed E-state index contributed by atoms with van der Waals surface area (Å²) in [6.45, 7) is 0.650. The van der Waals surface area contributed by atoms with E-state index >= 15 is 0 Å². The summed E-state index contributed by atoms with van der Waals surface area (Å²) in [4.78, 5) is 7.96. The van der Waals surface area contributed by atoms with Gasteiger partial charge in [0.25, 0.3) is 0 Å². The van der Waals surface area contributed by atoms with Crippen molar-refractivity contribution in [1.29, 1.82) is 0 Å². The van der Waals surface area contributed by atoms with E-state index in [-0.39, 0.29) is 0 Å². The van der Waals surface area contributed by atoms with Crippen molar-refractivity contribution in [2.45, 2.75) is 6.54 Å². The molecule has 0 atom stereocenters. The highest BCUT2D eigenvalue weighted by Crippen LogP contribution is 2.16. The molecule has 1 aromatic heterocycles. The van der Waals surface area contributed by atoms with Crippen LogP contribution < -0.4 is 11.1 Å². The van der Waals surface area contributed by atoms with Gasteiger partial charge in [0.15, 0.2) is 0 Å². The third-order valence-corrected chi connectivity index (χ3v) is 2.06. The Bertz CT molecular complexity index is 428. The Morgan fingerprint density at radius 1 is 1.20 bits per heavy atom. The molecule has 4 heteroatoms. The van der Waals surface area contributed by atoms with Gasteiger partial charge in [0.1, 0.15) is 6.33 Å². The Morgan fingerprint density at radius 2 is 2.07 bits per heavy atom. The second kappa shape index (κ2) is 4.41. The van der Waals surface area contributed by atoms with Gasteiger partial charge in [-0.05, 0) is 18.2 Å². The summed E-state index contributed by atoms with van der Waals surface area (Å²) >= 11 is 0. The molecule has 1 heterocycles. The molecule has 0 aliphatic heterocycles. The number of nitrogens with two attached hydrogens (primary N) is 1. The Hall–Kier alpha value is -2.10. The molecule has 2 aromatic rings. The second-order valence-corrected chi connectivity index (χ2v) is 3.14. The highest BCUT2D eigenvalue weighted by atomic mass is 14.9. The number of nitrogens with zero attached hydrogens (tertiary/aromatic N) is 2. The van der Waals surface area contributed by atoms with Gasteiger partial charge in [-0.1, -0.05) is 12.1 Å². The first-order valence-corrected chi connectivity index (χ1v) is 4.69. The van der Waals surface area contributed by atoms with Gasteiger partial charge in [-0.25, -0.2) is 9.97 Å². The fraction of sp³-hybridized carbons (Fsp3) is 0.0909. The quantitative estimate of drug-likeness (QED) is 0.740. The van der Waals surface area contributed by atoms with Crippen LogP contribution in [0.5, 0.6) is 0 Å². The van der Waals surface area contributed by atoms with Gasteiger partial charge < -0.3 is 11.1 Å². The van der Waals surface area contributed by atoms with E-state index in [0.29, 0.717) is 6.54 Å². The highest BCUT2D eigenvalue weighted by Gasteiger charge is 1.97. The van der Waals surface area contributed by atoms with Gasteiger partial charge in [-0.3, -0.25) is 0 Å². The van der Waals surface area contributed by atoms with Crippen LogP contribution in [0, 0.1) is 0 Å². The summed E-state index contributed by atoms with van der Waals surface area (Å²) in [6.07, 6.45) is 3.25. The molecule has 0 aliphatic rings. The highest BCUT2D eigenvalue weighted by molar-refractivity contribution is 5.65. The molecule has 0 unspecified atom stereocenters. The normalized spacial score (nSPS) is 9.87. The van der Waals surface area contributed by atoms with E-state index in [9.17, 15) is 0 Å². The van der Waals surface area contributed by atoms with Crippen molar-refractivity contribution in [3.05, 3.63) is 48.5 Å². The molecule has 0 saturated carbocycles. The molecule has 0 spiro atoms. The van der Waals surface area contributed by atoms with Crippen LogP contribution in [-0.2, 0) is 6.54 Å². The molecule has 15 heavy (non-hydrogen) atoms. The Kier molecular flexibility index (Phi) is 2.78. The average Bonchev–Trinajstić information content (AvgIpc) is 2.29. The van der Waals surface area contributed by atoms with Crippen LogP contribution in [0.1, 0.15) is 5.69 Å². The topological polar surface area (TPSA) is 63.8 Å². The van der Waals surface area contributed by atoms with Gasteiger partial charge in [0.2, 0.25) is 0 Å². The predicted molar refractivity (Wildman–Crippen MR) is 60.2 cm³/mol. The van der Waals surface area contributed by atoms with Crippen LogP contribution >= 0.6 is 0 Å². The fourth-order valence-electron chi connectivity index (χ4n) is 1.27. The molecular formula is C11H12N4. The molecule has 4 nitrogen and oxygen atoms in total. The molecule has 1 aromatic carbocycles. The maximum atomic E-state index is 5.79. The zero-order valence-electron chi connectivity index (χ0n) is 8.22. The SMILES string of the molecule is Nc1ccccc1NCc1ccncn1. The number of nitrogens with one attached hydrogen (secondary N) is 1. The number of rotatable bonds is 3. The maximum absolute atomic E-state index is 5.79. The number of para-hydroxylation sites is 2. The molecule has 0 bridgehead atoms. The van der Waals surface area contributed by atoms with Crippen molar-refractivity contribution in [2.24, 2.45) is 0 Å². The van der Waals surface area contributed by atoms with Gasteiger partial charge in [0.05, 0.1) is 23.6 Å². The van der Waals surface area contributed by atoms with E-state index < -0.39 is 0 Å². The lowest BCUT2D eigenvalue weighted by Crippen LogP contribution is -2.03. The lowest BCUT2D eigenvalue weighted by molar-refractivity contribution is 1.01. The monoisotopic (exact) mass is 200 g/mol. The molecular weight excluding hydrogens is 188 g/mol. The van der Waals surface area contributed by atoms with E-state index in [4.69, 9.17) is 5.73 Å². The molecule has 0 saturated heterocycles. The van der Waals surface area contributed by atoms with E-state index in [0.717, 1.165) is 17.1 Å². The van der Waals surface area contributed by atoms with E-state index in [1.165, 1.54) is 6.33 Å². The van der Waals surface area contributed by atoms with Crippen molar-refractivity contribution in [3.8, 4) is 0 Å².